The molecule has 0 radical (unpaired) electrons. The van der Waals surface area contributed by atoms with Crippen molar-refractivity contribution in [1.82, 2.24) is 5.32 Å². The summed E-state index contributed by atoms with van der Waals surface area (Å²) in [5.41, 5.74) is 0.429. The van der Waals surface area contributed by atoms with Gasteiger partial charge in [0.1, 0.15) is 6.61 Å². The van der Waals surface area contributed by atoms with Gasteiger partial charge in [0, 0.05) is 18.7 Å². The number of esters is 1. The Morgan fingerprint density at radius 1 is 1.67 bits per heavy atom. The van der Waals surface area contributed by atoms with Crippen LogP contribution < -0.4 is 5.32 Å². The summed E-state index contributed by atoms with van der Waals surface area (Å²) in [4.78, 5) is 10.8. The van der Waals surface area contributed by atoms with E-state index in [1.807, 2.05) is 0 Å². The van der Waals surface area contributed by atoms with Crippen molar-refractivity contribution in [2.75, 3.05) is 19.7 Å². The van der Waals surface area contributed by atoms with Crippen LogP contribution in [0, 0.1) is 0 Å². The normalized spacial score (nSPS) is 9.08. The van der Waals surface area contributed by atoms with Gasteiger partial charge in [-0.1, -0.05) is 12.7 Å². The quantitative estimate of drug-likeness (QED) is 0.277. The molecule has 0 aliphatic rings. The number of ether oxygens (including phenoxy) is 1. The highest BCUT2D eigenvalue weighted by atomic mass is 16.5. The van der Waals surface area contributed by atoms with Crippen LogP contribution in [0.3, 0.4) is 0 Å². The van der Waals surface area contributed by atoms with E-state index in [1.54, 1.807) is 13.0 Å². The zero-order chi connectivity index (χ0) is 9.40. The molecule has 0 heterocycles. The second-order valence-corrected chi connectivity index (χ2v) is 2.41. The predicted octanol–water partition coefficient (Wildman–Crippen LogP) is 0.881. The van der Waals surface area contributed by atoms with Gasteiger partial charge >= 0.3 is 5.97 Å². The van der Waals surface area contributed by atoms with E-state index < -0.39 is 0 Å². The number of hydrogen-bond donors (Lipinski definition) is 1. The molecule has 0 unspecified atom stereocenters. The summed E-state index contributed by atoms with van der Waals surface area (Å²) in [5, 5.41) is 3.00. The summed E-state index contributed by atoms with van der Waals surface area (Å²) in [6.45, 7) is 10.4. The van der Waals surface area contributed by atoms with Crippen molar-refractivity contribution in [3.63, 3.8) is 0 Å². The van der Waals surface area contributed by atoms with Crippen LogP contribution in [0.2, 0.25) is 0 Å². The minimum Gasteiger partial charge on any atom is -0.461 e. The highest BCUT2D eigenvalue weighted by molar-refractivity contribution is 5.86. The highest BCUT2D eigenvalue weighted by Crippen LogP contribution is 1.90. The van der Waals surface area contributed by atoms with E-state index in [-0.39, 0.29) is 5.97 Å². The van der Waals surface area contributed by atoms with Gasteiger partial charge in [0.05, 0.1) is 0 Å². The van der Waals surface area contributed by atoms with E-state index in [2.05, 4.69) is 18.5 Å². The molecule has 0 atom stereocenters. The Hall–Kier alpha value is -1.09. The first-order valence-electron chi connectivity index (χ1n) is 3.82. The fourth-order valence-corrected chi connectivity index (χ4v) is 0.543. The van der Waals surface area contributed by atoms with E-state index in [4.69, 9.17) is 4.74 Å². The Labute approximate surface area is 73.1 Å². The third-order valence-electron chi connectivity index (χ3n) is 1.15. The van der Waals surface area contributed by atoms with Crippen LogP contribution in [-0.4, -0.2) is 25.7 Å². The van der Waals surface area contributed by atoms with Crippen molar-refractivity contribution in [2.24, 2.45) is 0 Å². The summed E-state index contributed by atoms with van der Waals surface area (Å²) < 4.78 is 4.81. The molecular weight excluding hydrogens is 154 g/mol. The monoisotopic (exact) mass is 169 g/mol. The first-order valence-corrected chi connectivity index (χ1v) is 3.82. The van der Waals surface area contributed by atoms with E-state index in [0.29, 0.717) is 18.7 Å². The van der Waals surface area contributed by atoms with Gasteiger partial charge in [-0.15, -0.1) is 6.58 Å². The van der Waals surface area contributed by atoms with Gasteiger partial charge in [-0.3, -0.25) is 0 Å². The standard InChI is InChI=1S/C9H15NO2/c1-4-5-10-6-7-12-9(11)8(2)3/h4,10H,1-2,5-7H2,3H3. The molecule has 0 aromatic rings. The maximum atomic E-state index is 10.8. The molecule has 0 amide bonds. The molecule has 12 heavy (non-hydrogen) atoms. The Morgan fingerprint density at radius 2 is 2.33 bits per heavy atom. The second kappa shape index (κ2) is 6.61. The molecule has 0 fully saturated rings. The molecule has 0 aromatic carbocycles. The maximum absolute atomic E-state index is 10.8. The lowest BCUT2D eigenvalue weighted by Crippen LogP contribution is -2.21. The minimum absolute atomic E-state index is 0.338. The molecule has 0 aliphatic carbocycles. The molecule has 1 N–H and O–H groups in total. The topological polar surface area (TPSA) is 38.3 Å². The van der Waals surface area contributed by atoms with E-state index in [0.717, 1.165) is 6.54 Å². The summed E-state index contributed by atoms with van der Waals surface area (Å²) in [5.74, 6) is -0.338. The number of carbonyl (C=O) groups excluding carboxylic acids is 1. The van der Waals surface area contributed by atoms with Crippen LogP contribution in [0.25, 0.3) is 0 Å². The van der Waals surface area contributed by atoms with Crippen LogP contribution in [-0.2, 0) is 9.53 Å². The van der Waals surface area contributed by atoms with Crippen LogP contribution >= 0.6 is 0 Å². The molecule has 3 heteroatoms. The minimum atomic E-state index is -0.338. The summed E-state index contributed by atoms with van der Waals surface area (Å²) in [6.07, 6.45) is 1.75. The lowest BCUT2D eigenvalue weighted by Gasteiger charge is -2.03. The smallest absolute Gasteiger partial charge is 0.333 e. The van der Waals surface area contributed by atoms with Crippen molar-refractivity contribution >= 4 is 5.97 Å². The van der Waals surface area contributed by atoms with Gasteiger partial charge in [-0.05, 0) is 6.92 Å². The zero-order valence-electron chi connectivity index (χ0n) is 7.43. The Bertz CT molecular complexity index is 175. The first kappa shape index (κ1) is 10.9. The molecule has 0 aliphatic heterocycles. The van der Waals surface area contributed by atoms with Crippen LogP contribution in [0.4, 0.5) is 0 Å². The van der Waals surface area contributed by atoms with Crippen LogP contribution in [0.5, 0.6) is 0 Å². The van der Waals surface area contributed by atoms with Crippen molar-refractivity contribution in [1.29, 1.82) is 0 Å². The maximum Gasteiger partial charge on any atom is 0.333 e. The predicted molar refractivity (Wildman–Crippen MR) is 48.8 cm³/mol. The molecule has 0 aromatic heterocycles. The van der Waals surface area contributed by atoms with Crippen LogP contribution in [0.1, 0.15) is 6.92 Å². The fraction of sp³-hybridized carbons (Fsp3) is 0.444. The number of hydrogen-bond acceptors (Lipinski definition) is 3. The summed E-state index contributed by atoms with van der Waals surface area (Å²) in [6, 6.07) is 0. The Morgan fingerprint density at radius 3 is 2.83 bits per heavy atom. The number of rotatable bonds is 6. The largest absolute Gasteiger partial charge is 0.461 e. The second-order valence-electron chi connectivity index (χ2n) is 2.41. The molecule has 0 rings (SSSR count). The van der Waals surface area contributed by atoms with Crippen molar-refractivity contribution in [2.45, 2.75) is 6.92 Å². The molecular formula is C9H15NO2. The Kier molecular flexibility index (Phi) is 6.01. The van der Waals surface area contributed by atoms with Crippen molar-refractivity contribution in [3.8, 4) is 0 Å². The van der Waals surface area contributed by atoms with E-state index in [1.165, 1.54) is 0 Å². The lowest BCUT2D eigenvalue weighted by atomic mass is 10.4. The lowest BCUT2D eigenvalue weighted by molar-refractivity contribution is -0.138. The SMILES string of the molecule is C=CCNCCOC(=O)C(=C)C. The van der Waals surface area contributed by atoms with E-state index >= 15 is 0 Å². The fourth-order valence-electron chi connectivity index (χ4n) is 0.543. The number of carbonyl (C=O) groups is 1. The summed E-state index contributed by atoms with van der Waals surface area (Å²) in [7, 11) is 0. The number of nitrogens with one attached hydrogen (secondary N) is 1. The average molecular weight is 169 g/mol. The van der Waals surface area contributed by atoms with Crippen LogP contribution in [0.15, 0.2) is 24.8 Å². The molecule has 0 spiro atoms. The summed E-state index contributed by atoms with van der Waals surface area (Å²) >= 11 is 0. The van der Waals surface area contributed by atoms with Gasteiger partial charge in [0.2, 0.25) is 0 Å². The zero-order valence-corrected chi connectivity index (χ0v) is 7.43. The van der Waals surface area contributed by atoms with Gasteiger partial charge < -0.3 is 10.1 Å². The average Bonchev–Trinajstić information content (AvgIpc) is 2.03. The Balaban J connectivity index is 3.25. The van der Waals surface area contributed by atoms with E-state index in [9.17, 15) is 4.79 Å². The van der Waals surface area contributed by atoms with Gasteiger partial charge in [-0.25, -0.2) is 4.79 Å². The van der Waals surface area contributed by atoms with Gasteiger partial charge in [-0.2, -0.15) is 0 Å². The third kappa shape index (κ3) is 5.68. The van der Waals surface area contributed by atoms with Crippen molar-refractivity contribution < 1.29 is 9.53 Å². The molecule has 68 valence electrons. The first-order chi connectivity index (χ1) is 5.68. The highest BCUT2D eigenvalue weighted by Gasteiger charge is 2.00. The van der Waals surface area contributed by atoms with Gasteiger partial charge in [0.25, 0.3) is 0 Å². The molecule has 0 saturated heterocycles. The molecule has 0 saturated carbocycles. The van der Waals surface area contributed by atoms with Crippen molar-refractivity contribution in [3.05, 3.63) is 24.8 Å². The molecule has 3 nitrogen and oxygen atoms in total. The van der Waals surface area contributed by atoms with Gasteiger partial charge in [0.15, 0.2) is 0 Å². The third-order valence-corrected chi connectivity index (χ3v) is 1.15. The molecule has 0 bridgehead atoms.